The number of carbonyl (C=O) groups excluding carboxylic acids is 3. The van der Waals surface area contributed by atoms with Crippen molar-refractivity contribution in [1.29, 1.82) is 0 Å². The van der Waals surface area contributed by atoms with Crippen LogP contribution in [0, 0.1) is 49.4 Å². The van der Waals surface area contributed by atoms with Crippen LogP contribution in [0.3, 0.4) is 0 Å². The molecule has 6 rings (SSSR count). The van der Waals surface area contributed by atoms with Gasteiger partial charge in [0, 0.05) is 5.69 Å². The van der Waals surface area contributed by atoms with Gasteiger partial charge >= 0.3 is 12.1 Å². The molecule has 0 N–H and O–H groups in total. The van der Waals surface area contributed by atoms with Gasteiger partial charge in [0.2, 0.25) is 11.8 Å². The van der Waals surface area contributed by atoms with E-state index in [-0.39, 0.29) is 17.5 Å². The average Bonchev–Trinajstić information content (AvgIpc) is 3.44. The highest BCUT2D eigenvalue weighted by Gasteiger charge is 2.67. The Balaban J connectivity index is 1.49. The average molecular weight is 418 g/mol. The van der Waals surface area contributed by atoms with Crippen LogP contribution in [0.15, 0.2) is 30.4 Å². The summed E-state index contributed by atoms with van der Waals surface area (Å²) in [6.07, 6.45) is -0.135. The van der Waals surface area contributed by atoms with E-state index in [9.17, 15) is 27.6 Å². The standard InChI is InChI=1S/C22H21F3N2O3/c1-10-5-11(2)7-12(6-10)26(21(30)22(23,24)25)9-27-19(28)17-13-3-4-14(16-8-15(13)16)18(17)20(27)29/h3-7,13-18H,8-9H2,1-2H3/t13-,14-,15-,16+,17-,18+/m0/s1. The van der Waals surface area contributed by atoms with Gasteiger partial charge in [-0.1, -0.05) is 18.2 Å². The molecule has 2 bridgehead atoms. The Bertz CT molecular complexity index is 946. The van der Waals surface area contributed by atoms with Crippen LogP contribution in [0.25, 0.3) is 0 Å². The maximum Gasteiger partial charge on any atom is 0.471 e. The summed E-state index contributed by atoms with van der Waals surface area (Å²) in [6.45, 7) is 2.70. The van der Waals surface area contributed by atoms with E-state index in [0.29, 0.717) is 27.9 Å². The van der Waals surface area contributed by atoms with Crippen LogP contribution in [0.1, 0.15) is 17.5 Å². The summed E-state index contributed by atoms with van der Waals surface area (Å²) >= 11 is 0. The second-order valence-corrected chi connectivity index (χ2v) is 8.98. The number of likely N-dealkylation sites (tertiary alicyclic amines) is 1. The molecule has 1 aliphatic heterocycles. The summed E-state index contributed by atoms with van der Waals surface area (Å²) in [5, 5.41) is 0. The predicted octanol–water partition coefficient (Wildman–Crippen LogP) is 3.21. The van der Waals surface area contributed by atoms with Crippen molar-refractivity contribution < 1.29 is 27.6 Å². The Morgan fingerprint density at radius 2 is 1.50 bits per heavy atom. The number of aryl methyl sites for hydroxylation is 2. The van der Waals surface area contributed by atoms with Gasteiger partial charge in [0.1, 0.15) is 6.67 Å². The highest BCUT2D eigenvalue weighted by atomic mass is 19.4. The highest BCUT2D eigenvalue weighted by Crippen LogP contribution is 2.65. The van der Waals surface area contributed by atoms with Crippen LogP contribution in [-0.4, -0.2) is 35.5 Å². The van der Waals surface area contributed by atoms with E-state index in [1.807, 2.05) is 12.2 Å². The number of benzene rings is 1. The molecule has 0 unspecified atom stereocenters. The number of nitrogens with zero attached hydrogens (tertiary/aromatic N) is 2. The molecule has 8 heteroatoms. The fourth-order valence-corrected chi connectivity index (χ4v) is 5.82. The lowest BCUT2D eigenvalue weighted by Gasteiger charge is -2.37. The molecule has 0 spiro atoms. The second-order valence-electron chi connectivity index (χ2n) is 8.98. The number of hydrogen-bond donors (Lipinski definition) is 0. The molecule has 4 aliphatic carbocycles. The normalized spacial score (nSPS) is 33.6. The van der Waals surface area contributed by atoms with Gasteiger partial charge in [0.15, 0.2) is 0 Å². The van der Waals surface area contributed by atoms with Crippen molar-refractivity contribution in [3.63, 3.8) is 0 Å². The van der Waals surface area contributed by atoms with Gasteiger partial charge in [0.05, 0.1) is 11.8 Å². The van der Waals surface area contributed by atoms with Gasteiger partial charge < -0.3 is 0 Å². The topological polar surface area (TPSA) is 57.7 Å². The quantitative estimate of drug-likeness (QED) is 0.560. The molecule has 3 fully saturated rings. The first kappa shape index (κ1) is 19.3. The van der Waals surface area contributed by atoms with Gasteiger partial charge in [-0.2, -0.15) is 13.2 Å². The lowest BCUT2D eigenvalue weighted by molar-refractivity contribution is -0.171. The monoisotopic (exact) mass is 418 g/mol. The van der Waals surface area contributed by atoms with Crippen molar-refractivity contribution >= 4 is 23.4 Å². The number of halogens is 3. The maximum absolute atomic E-state index is 13.4. The zero-order valence-electron chi connectivity index (χ0n) is 16.5. The molecule has 1 aromatic rings. The smallest absolute Gasteiger partial charge is 0.286 e. The van der Waals surface area contributed by atoms with Gasteiger partial charge in [0.25, 0.3) is 0 Å². The van der Waals surface area contributed by atoms with E-state index < -0.39 is 42.4 Å². The van der Waals surface area contributed by atoms with Crippen molar-refractivity contribution in [2.75, 3.05) is 11.6 Å². The van der Waals surface area contributed by atoms with Gasteiger partial charge in [-0.05, 0) is 67.2 Å². The molecule has 5 aliphatic rings. The van der Waals surface area contributed by atoms with E-state index in [0.717, 1.165) is 11.3 Å². The van der Waals surface area contributed by atoms with E-state index in [1.165, 1.54) is 12.1 Å². The van der Waals surface area contributed by atoms with E-state index >= 15 is 0 Å². The molecule has 1 heterocycles. The van der Waals surface area contributed by atoms with Gasteiger partial charge in [-0.3, -0.25) is 24.2 Å². The minimum atomic E-state index is -5.13. The molecular formula is C22H21F3N2O3. The molecule has 0 radical (unpaired) electrons. The summed E-state index contributed by atoms with van der Waals surface area (Å²) in [5.74, 6) is -3.31. The SMILES string of the molecule is Cc1cc(C)cc(N(CN2C(=O)[C@@H]3[C@H]4C=C[C@@H]([C@@H]5C[C@H]45)[C@@H]3C2=O)C(=O)C(F)(F)F)c1. The van der Waals surface area contributed by atoms with Crippen molar-refractivity contribution in [1.82, 2.24) is 4.90 Å². The molecule has 5 nitrogen and oxygen atoms in total. The Labute approximate surface area is 171 Å². The lowest BCUT2D eigenvalue weighted by atomic mass is 9.63. The van der Waals surface area contributed by atoms with Crippen molar-refractivity contribution in [2.45, 2.75) is 26.4 Å². The Morgan fingerprint density at radius 1 is 1.00 bits per heavy atom. The van der Waals surface area contributed by atoms with Crippen LogP contribution >= 0.6 is 0 Å². The lowest BCUT2D eigenvalue weighted by Crippen LogP contribution is -2.49. The van der Waals surface area contributed by atoms with E-state index in [1.54, 1.807) is 19.9 Å². The summed E-state index contributed by atoms with van der Waals surface area (Å²) in [4.78, 5) is 39.9. The molecule has 1 saturated heterocycles. The van der Waals surface area contributed by atoms with Crippen molar-refractivity contribution in [3.05, 3.63) is 41.5 Å². The summed E-state index contributed by atoms with van der Waals surface area (Å²) < 4.78 is 40.1. The number of anilines is 1. The third kappa shape index (κ3) is 2.72. The maximum atomic E-state index is 13.4. The Kier molecular flexibility index (Phi) is 3.98. The zero-order valence-corrected chi connectivity index (χ0v) is 16.5. The van der Waals surface area contributed by atoms with Gasteiger partial charge in [-0.25, -0.2) is 0 Å². The number of alkyl halides is 3. The molecule has 1 aromatic carbocycles. The van der Waals surface area contributed by atoms with E-state index in [2.05, 4.69) is 0 Å². The minimum absolute atomic E-state index is 0.0224. The van der Waals surface area contributed by atoms with Crippen LogP contribution in [0.2, 0.25) is 0 Å². The Hall–Kier alpha value is -2.64. The summed E-state index contributed by atoms with van der Waals surface area (Å²) in [7, 11) is 0. The number of allylic oxidation sites excluding steroid dienone is 2. The first-order valence-corrected chi connectivity index (χ1v) is 10.1. The van der Waals surface area contributed by atoms with Crippen LogP contribution in [0.5, 0.6) is 0 Å². The van der Waals surface area contributed by atoms with Gasteiger partial charge in [-0.15, -0.1) is 0 Å². The largest absolute Gasteiger partial charge is 0.471 e. The predicted molar refractivity (Wildman–Crippen MR) is 101 cm³/mol. The third-order valence-electron chi connectivity index (χ3n) is 7.04. The van der Waals surface area contributed by atoms with Crippen LogP contribution in [-0.2, 0) is 14.4 Å². The number of amides is 3. The van der Waals surface area contributed by atoms with Crippen LogP contribution < -0.4 is 4.90 Å². The summed E-state index contributed by atoms with van der Waals surface area (Å²) in [5.41, 5.74) is 1.38. The van der Waals surface area contributed by atoms with Crippen molar-refractivity contribution in [2.24, 2.45) is 35.5 Å². The summed E-state index contributed by atoms with van der Waals surface area (Å²) in [6, 6.07) is 4.68. The Morgan fingerprint density at radius 3 is 1.97 bits per heavy atom. The second kappa shape index (κ2) is 6.18. The molecule has 3 amide bonds. The molecule has 0 aromatic heterocycles. The first-order valence-electron chi connectivity index (χ1n) is 10.1. The molecule has 158 valence electrons. The number of rotatable bonds is 3. The van der Waals surface area contributed by atoms with Crippen molar-refractivity contribution in [3.8, 4) is 0 Å². The third-order valence-corrected chi connectivity index (χ3v) is 7.04. The van der Waals surface area contributed by atoms with Crippen LogP contribution in [0.4, 0.5) is 18.9 Å². The number of carbonyl (C=O) groups is 3. The first-order chi connectivity index (χ1) is 14.1. The fourth-order valence-electron chi connectivity index (χ4n) is 5.82. The number of hydrogen-bond acceptors (Lipinski definition) is 3. The fraction of sp³-hybridized carbons (Fsp3) is 0.500. The molecule has 30 heavy (non-hydrogen) atoms. The minimum Gasteiger partial charge on any atom is -0.286 e. The molecule has 2 saturated carbocycles. The molecular weight excluding hydrogens is 397 g/mol. The number of imide groups is 1. The molecule has 6 atom stereocenters. The highest BCUT2D eigenvalue weighted by molar-refractivity contribution is 6.07. The van der Waals surface area contributed by atoms with E-state index in [4.69, 9.17) is 0 Å². The zero-order chi connectivity index (χ0) is 21.5.